The fraction of sp³-hybridized carbons (Fsp3) is 0.830. The summed E-state index contributed by atoms with van der Waals surface area (Å²) in [5, 5.41) is 0. The van der Waals surface area contributed by atoms with Gasteiger partial charge in [0.2, 0.25) is 0 Å². The van der Waals surface area contributed by atoms with Crippen LogP contribution in [0.1, 0.15) is 218 Å². The maximum absolute atomic E-state index is 13.3. The van der Waals surface area contributed by atoms with Crippen LogP contribution in [0.15, 0.2) is 0 Å². The Morgan fingerprint density at radius 3 is 1.71 bits per heavy atom. The maximum atomic E-state index is 13.3. The Balaban J connectivity index is 1.94. The number of esters is 2. The van der Waals surface area contributed by atoms with E-state index in [9.17, 15) is 9.59 Å². The van der Waals surface area contributed by atoms with Gasteiger partial charge >= 0.3 is 11.9 Å². The van der Waals surface area contributed by atoms with Gasteiger partial charge in [-0.15, -0.1) is 0 Å². The van der Waals surface area contributed by atoms with Crippen molar-refractivity contribution in [1.29, 1.82) is 0 Å². The second-order valence-electron chi connectivity index (χ2n) is 17.6. The van der Waals surface area contributed by atoms with Gasteiger partial charge in [-0.05, 0) is 81.4 Å². The molecule has 4 atom stereocenters. The van der Waals surface area contributed by atoms with Crippen molar-refractivity contribution in [2.75, 3.05) is 0 Å². The fourth-order valence-electron chi connectivity index (χ4n) is 8.20. The highest BCUT2D eigenvalue weighted by atomic mass is 16.6. The lowest BCUT2D eigenvalue weighted by atomic mass is 9.81. The van der Waals surface area contributed by atoms with Crippen LogP contribution < -0.4 is 9.47 Å². The molecule has 52 heavy (non-hydrogen) atoms. The summed E-state index contributed by atoms with van der Waals surface area (Å²) < 4.78 is 19.0. The Kier molecular flexibility index (Phi) is 22.3. The topological polar surface area (TPSA) is 61.8 Å². The molecule has 0 aliphatic carbocycles. The summed E-state index contributed by atoms with van der Waals surface area (Å²) >= 11 is 0. The molecule has 0 saturated carbocycles. The molecule has 0 N–H and O–H groups in total. The minimum Gasteiger partial charge on any atom is -0.483 e. The lowest BCUT2D eigenvalue weighted by Crippen LogP contribution is -2.51. The molecule has 2 rings (SSSR count). The second kappa shape index (κ2) is 25.1. The Morgan fingerprint density at radius 2 is 1.19 bits per heavy atom. The van der Waals surface area contributed by atoms with Gasteiger partial charge in [0.25, 0.3) is 0 Å². The van der Waals surface area contributed by atoms with Gasteiger partial charge in [-0.2, -0.15) is 0 Å². The number of benzene rings is 1. The second-order valence-corrected chi connectivity index (χ2v) is 17.6. The molecular formula is C47H82O5. The zero-order valence-electron chi connectivity index (χ0n) is 35.8. The van der Waals surface area contributed by atoms with Crippen LogP contribution in [0.5, 0.6) is 11.5 Å². The van der Waals surface area contributed by atoms with E-state index in [2.05, 4.69) is 41.5 Å². The molecule has 1 aromatic rings. The third-order valence-corrected chi connectivity index (χ3v) is 12.0. The molecule has 1 aliphatic heterocycles. The highest BCUT2D eigenvalue weighted by Crippen LogP contribution is 2.46. The van der Waals surface area contributed by atoms with Crippen LogP contribution in [0.25, 0.3) is 0 Å². The van der Waals surface area contributed by atoms with Gasteiger partial charge in [0, 0.05) is 25.3 Å². The third kappa shape index (κ3) is 17.0. The Labute approximate surface area is 321 Å². The fourth-order valence-corrected chi connectivity index (χ4v) is 8.20. The van der Waals surface area contributed by atoms with Crippen LogP contribution in [-0.4, -0.2) is 23.6 Å². The summed E-state index contributed by atoms with van der Waals surface area (Å²) in [6.07, 6.45) is 28.3. The van der Waals surface area contributed by atoms with Crippen molar-refractivity contribution in [2.24, 2.45) is 17.8 Å². The van der Waals surface area contributed by atoms with Crippen LogP contribution in [0.3, 0.4) is 0 Å². The van der Waals surface area contributed by atoms with Crippen LogP contribution >= 0.6 is 0 Å². The molecule has 0 aromatic heterocycles. The molecule has 0 bridgehead atoms. The predicted octanol–water partition coefficient (Wildman–Crippen LogP) is 14.1. The van der Waals surface area contributed by atoms with Crippen molar-refractivity contribution in [3.63, 3.8) is 0 Å². The zero-order chi connectivity index (χ0) is 38.5. The molecule has 0 saturated heterocycles. The number of hydrogen-bond donors (Lipinski definition) is 0. The normalized spacial score (nSPS) is 18.2. The van der Waals surface area contributed by atoms with Crippen LogP contribution in [0.4, 0.5) is 0 Å². The molecular weight excluding hydrogens is 645 g/mol. The number of ether oxygens (including phenoxy) is 3. The van der Waals surface area contributed by atoms with E-state index in [0.29, 0.717) is 24.5 Å². The van der Waals surface area contributed by atoms with Crippen molar-refractivity contribution >= 4 is 11.9 Å². The van der Waals surface area contributed by atoms with Crippen molar-refractivity contribution < 1.29 is 23.8 Å². The van der Waals surface area contributed by atoms with Gasteiger partial charge in [-0.3, -0.25) is 9.59 Å². The first-order valence-corrected chi connectivity index (χ1v) is 22.0. The highest BCUT2D eigenvalue weighted by Gasteiger charge is 2.45. The minimum atomic E-state index is -0.615. The summed E-state index contributed by atoms with van der Waals surface area (Å²) in [7, 11) is 0. The zero-order valence-corrected chi connectivity index (χ0v) is 35.8. The van der Waals surface area contributed by atoms with E-state index in [-0.39, 0.29) is 18.0 Å². The average molecular weight is 727 g/mol. The van der Waals surface area contributed by atoms with E-state index in [1.807, 2.05) is 20.8 Å². The first-order chi connectivity index (χ1) is 24.8. The molecule has 1 aliphatic rings. The van der Waals surface area contributed by atoms with E-state index in [0.717, 1.165) is 71.9 Å². The molecule has 0 fully saturated rings. The lowest BCUT2D eigenvalue weighted by Gasteiger charge is -2.43. The lowest BCUT2D eigenvalue weighted by molar-refractivity contribution is -0.163. The van der Waals surface area contributed by atoms with Crippen LogP contribution in [0, 0.1) is 38.5 Å². The molecule has 4 unspecified atom stereocenters. The summed E-state index contributed by atoms with van der Waals surface area (Å²) in [4.78, 5) is 25.3. The van der Waals surface area contributed by atoms with Crippen molar-refractivity contribution in [1.82, 2.24) is 0 Å². The van der Waals surface area contributed by atoms with Gasteiger partial charge in [-0.1, -0.05) is 157 Å². The Hall–Kier alpha value is -2.04. The van der Waals surface area contributed by atoms with E-state index in [4.69, 9.17) is 14.2 Å². The van der Waals surface area contributed by atoms with Crippen LogP contribution in [0.2, 0.25) is 0 Å². The van der Waals surface area contributed by atoms with E-state index < -0.39 is 5.60 Å². The molecule has 5 nitrogen and oxygen atoms in total. The number of carbonyl (C=O) groups excluding carboxylic acids is 2. The Morgan fingerprint density at radius 1 is 0.692 bits per heavy atom. The summed E-state index contributed by atoms with van der Waals surface area (Å²) in [5.74, 6) is 3.31. The molecule has 5 heteroatoms. The molecule has 0 amide bonds. The first-order valence-electron chi connectivity index (χ1n) is 22.0. The van der Waals surface area contributed by atoms with Crippen molar-refractivity contribution in [3.05, 3.63) is 22.3 Å². The van der Waals surface area contributed by atoms with Gasteiger partial charge in [0.15, 0.2) is 0 Å². The van der Waals surface area contributed by atoms with E-state index in [1.54, 1.807) is 0 Å². The van der Waals surface area contributed by atoms with Crippen molar-refractivity contribution in [3.8, 4) is 11.5 Å². The number of fused-ring (bicyclic) bond motifs is 1. The van der Waals surface area contributed by atoms with Gasteiger partial charge in [-0.25, -0.2) is 0 Å². The standard InChI is InChI=1S/C47H82O5/c1-11-12-13-14-15-16-17-18-19-20-21-22-23-32-44(49)51-43-34-42-40(8)45(50-41(9)48)38(6)39(7)46(42)52-47(43,10)33-26-31-37(5)30-25-29-36(4)28-24-27-35(2)3/h35-37,43H,11-34H2,1-10H3. The summed E-state index contributed by atoms with van der Waals surface area (Å²) in [5.41, 5.74) is 3.21. The largest absolute Gasteiger partial charge is 0.483 e. The molecule has 300 valence electrons. The van der Waals surface area contributed by atoms with Crippen molar-refractivity contribution in [2.45, 2.75) is 235 Å². The molecule has 0 radical (unpaired) electrons. The van der Waals surface area contributed by atoms with E-state index in [1.165, 1.54) is 116 Å². The predicted molar refractivity (Wildman–Crippen MR) is 220 cm³/mol. The Bertz CT molecular complexity index is 1170. The summed E-state index contributed by atoms with van der Waals surface area (Å²) in [6, 6.07) is 0. The summed E-state index contributed by atoms with van der Waals surface area (Å²) in [6.45, 7) is 21.4. The van der Waals surface area contributed by atoms with Gasteiger partial charge in [0.1, 0.15) is 23.2 Å². The molecule has 1 aromatic carbocycles. The van der Waals surface area contributed by atoms with Gasteiger partial charge < -0.3 is 14.2 Å². The van der Waals surface area contributed by atoms with Crippen LogP contribution in [-0.2, 0) is 20.7 Å². The minimum absolute atomic E-state index is 0.121. The highest BCUT2D eigenvalue weighted by molar-refractivity contribution is 5.72. The molecule has 1 heterocycles. The first kappa shape index (κ1) is 46.1. The number of hydrogen-bond acceptors (Lipinski definition) is 5. The number of carbonyl (C=O) groups is 2. The van der Waals surface area contributed by atoms with E-state index >= 15 is 0 Å². The average Bonchev–Trinajstić information content (AvgIpc) is 3.08. The SMILES string of the molecule is CCCCCCCCCCCCCCCC(=O)OC1Cc2c(C)c(OC(C)=O)c(C)c(C)c2OC1(C)CCCC(C)CCCC(C)CCCC(C)C. The number of unbranched alkanes of at least 4 members (excludes halogenated alkanes) is 12. The molecule has 0 spiro atoms. The maximum Gasteiger partial charge on any atom is 0.308 e. The quantitative estimate of drug-likeness (QED) is 0.0489. The monoisotopic (exact) mass is 727 g/mol. The smallest absolute Gasteiger partial charge is 0.308 e. The van der Waals surface area contributed by atoms with Gasteiger partial charge in [0.05, 0.1) is 0 Å². The number of rotatable bonds is 28. The third-order valence-electron chi connectivity index (χ3n) is 12.0.